The summed E-state index contributed by atoms with van der Waals surface area (Å²) in [7, 11) is 2.21. The number of primary amides is 2. The van der Waals surface area contributed by atoms with Crippen molar-refractivity contribution in [2.75, 3.05) is 27.3 Å². The van der Waals surface area contributed by atoms with E-state index in [0.29, 0.717) is 12.8 Å². The number of nitrogens with one attached hydrogen (secondary N) is 6. The fourth-order valence-electron chi connectivity index (χ4n) is 4.15. The van der Waals surface area contributed by atoms with Gasteiger partial charge in [-0.25, -0.2) is 28.8 Å². The Morgan fingerprint density at radius 2 is 0.930 bits per heavy atom. The molecule has 0 aromatic heterocycles. The minimum atomic E-state index is -1.21. The van der Waals surface area contributed by atoms with Crippen molar-refractivity contribution in [3.8, 4) is 0 Å². The largest absolute Gasteiger partial charge is 1.00 e. The van der Waals surface area contributed by atoms with Crippen LogP contribution < -0.4 is 72.9 Å². The first-order valence-electron chi connectivity index (χ1n) is 17.6. The Bertz CT molecular complexity index is 1240. The molecule has 0 aliphatic rings. The monoisotopic (exact) mass is 834 g/mol. The number of urea groups is 2. The van der Waals surface area contributed by atoms with Crippen LogP contribution in [0.25, 0.3) is 0 Å². The second-order valence-corrected chi connectivity index (χ2v) is 14.6. The Balaban J connectivity index is -0.000000293. The molecule has 4 atom stereocenters. The van der Waals surface area contributed by atoms with Gasteiger partial charge in [0.15, 0.2) is 0 Å². The van der Waals surface area contributed by atoms with Crippen LogP contribution >= 0.6 is 0 Å². The zero-order valence-electron chi connectivity index (χ0n) is 35.7. The van der Waals surface area contributed by atoms with Gasteiger partial charge in [-0.2, -0.15) is 0 Å². The van der Waals surface area contributed by atoms with Crippen molar-refractivity contribution in [2.45, 2.75) is 130 Å². The predicted octanol–water partition coefficient (Wildman–Crippen LogP) is -2.37. The number of carboxylic acid groups (broad SMARTS) is 1. The third-order valence-electron chi connectivity index (χ3n) is 6.60. The first kappa shape index (κ1) is 62.1. The molecule has 0 aliphatic heterocycles. The first-order chi connectivity index (χ1) is 25.2. The van der Waals surface area contributed by atoms with E-state index in [1.54, 1.807) is 69.2 Å². The number of carbonyl (C=O) groups is 8. The van der Waals surface area contributed by atoms with Crippen LogP contribution in [0, 0.1) is 11.8 Å². The number of hydrogen-bond donors (Lipinski definition) is 10. The summed E-state index contributed by atoms with van der Waals surface area (Å²) in [5, 5.41) is 30.9. The third kappa shape index (κ3) is 33.7. The van der Waals surface area contributed by atoms with Crippen LogP contribution in [0.3, 0.4) is 0 Å². The number of esters is 1. The number of ether oxygens (including phenoxy) is 3. The summed E-state index contributed by atoms with van der Waals surface area (Å²) in [5.74, 6) is -3.52. The van der Waals surface area contributed by atoms with E-state index in [2.05, 4.69) is 31.9 Å². The average molecular weight is 835 g/mol. The summed E-state index contributed by atoms with van der Waals surface area (Å²) in [6.07, 6.45) is -0.449. The number of carboxylic acids is 1. The van der Waals surface area contributed by atoms with Crippen molar-refractivity contribution in [1.82, 2.24) is 31.9 Å². The van der Waals surface area contributed by atoms with Gasteiger partial charge < -0.3 is 73.3 Å². The van der Waals surface area contributed by atoms with Crippen LogP contribution in [-0.4, -0.2) is 126 Å². The molecule has 328 valence electrons. The van der Waals surface area contributed by atoms with Gasteiger partial charge in [0.1, 0.15) is 35.4 Å². The molecule has 57 heavy (non-hydrogen) atoms. The molecule has 0 aromatic carbocycles. The zero-order valence-corrected chi connectivity index (χ0v) is 37.7. The molecule has 0 aliphatic carbocycles. The molecule has 0 fully saturated rings. The van der Waals surface area contributed by atoms with Gasteiger partial charge in [-0.3, -0.25) is 9.59 Å². The fraction of sp³-hybridized carbons (Fsp3) is 0.765. The Labute approximate surface area is 357 Å². The van der Waals surface area contributed by atoms with Gasteiger partial charge in [-0.05, 0) is 79.1 Å². The molecule has 23 heteroatoms. The number of alkyl carbamates (subject to hydrolysis) is 2. The van der Waals surface area contributed by atoms with Crippen molar-refractivity contribution in [2.24, 2.45) is 23.3 Å². The number of rotatable bonds is 18. The van der Waals surface area contributed by atoms with E-state index >= 15 is 0 Å². The maximum absolute atomic E-state index is 12.6. The number of carbonyl (C=O) groups excluding carboxylic acids is 7. The summed E-state index contributed by atoms with van der Waals surface area (Å²) >= 11 is 0. The molecule has 0 unspecified atom stereocenters. The summed E-state index contributed by atoms with van der Waals surface area (Å²) < 4.78 is 15.0. The van der Waals surface area contributed by atoms with Crippen molar-refractivity contribution in [3.63, 3.8) is 0 Å². The van der Waals surface area contributed by atoms with Crippen LogP contribution in [0.1, 0.15) is 94.9 Å². The quantitative estimate of drug-likeness (QED) is 0.0299. The summed E-state index contributed by atoms with van der Waals surface area (Å²) in [6, 6.07) is -5.29. The van der Waals surface area contributed by atoms with E-state index in [-0.39, 0.29) is 72.8 Å². The first-order valence-corrected chi connectivity index (χ1v) is 17.6. The average Bonchev–Trinajstić information content (AvgIpc) is 3.03. The van der Waals surface area contributed by atoms with E-state index in [0.717, 1.165) is 7.11 Å². The molecule has 0 saturated carbocycles. The number of amides is 8. The Kier molecular flexibility index (Phi) is 34.8. The summed E-state index contributed by atoms with van der Waals surface area (Å²) in [5.41, 5.74) is 8.47. The number of aliphatic hydroxyl groups is 1. The normalized spacial score (nSPS) is 12.5. The van der Waals surface area contributed by atoms with Crippen LogP contribution in [0.4, 0.5) is 19.2 Å². The van der Waals surface area contributed by atoms with Crippen molar-refractivity contribution in [1.29, 1.82) is 0 Å². The van der Waals surface area contributed by atoms with Crippen LogP contribution in [0.2, 0.25) is 0 Å². The Morgan fingerprint density at radius 3 is 1.19 bits per heavy atom. The number of hydrogen-bond acceptors (Lipinski definition) is 13. The SMILES string of the molecule is CC(C)[C@H](NC(=O)OC(C)(C)C)C(=O)N[C@@H](CCCNC(N)=O)C(=O)O.CO.COC(=O)[C@H](CCCNC(N)=O)NC(=O)[C@@H](NC(=O)OC(C)(C)C)C(C)C.[Na+].[OH-]. The molecule has 0 bridgehead atoms. The molecule has 0 spiro atoms. The number of aliphatic hydroxyl groups excluding tert-OH is 1. The second kappa shape index (κ2) is 31.9. The number of methoxy groups -OCH3 is 1. The standard InChI is InChI=1S/C17H32N4O6.C16H30N4O6.CH4O.Na.H2O/c1-10(2)12(21-16(25)27-17(3,4)5)13(22)20-11(14(23)26-6)8-7-9-19-15(18)24;1-9(2)11(20-15(25)26-16(3,4)5)12(21)19-10(13(22)23)7-6-8-18-14(17)24;1-2;;/h10-12H,7-9H2,1-6H3,(H,20,22)(H,21,25)(H3,18,19,24);9-11H,6-8H2,1-5H3,(H,19,21)(H,20,25)(H,22,23)(H3,17,18,24);2H,1H3;;1H2/q;;;+1;/p-1/t11-,12-;10-,11-;;;/m00.../s1. The predicted molar refractivity (Wildman–Crippen MR) is 203 cm³/mol. The van der Waals surface area contributed by atoms with Crippen molar-refractivity contribution in [3.05, 3.63) is 0 Å². The molecule has 0 aromatic rings. The molecule has 0 radical (unpaired) electrons. The van der Waals surface area contributed by atoms with Gasteiger partial charge in [0.25, 0.3) is 0 Å². The van der Waals surface area contributed by atoms with E-state index in [9.17, 15) is 43.5 Å². The molecular formula is C34H67N8NaO14. The minimum absolute atomic E-state index is 0. The van der Waals surface area contributed by atoms with E-state index in [4.69, 9.17) is 30.8 Å². The van der Waals surface area contributed by atoms with Crippen LogP contribution in [-0.2, 0) is 33.4 Å². The van der Waals surface area contributed by atoms with Gasteiger partial charge >= 0.3 is 65.7 Å². The van der Waals surface area contributed by atoms with Gasteiger partial charge in [0.2, 0.25) is 11.8 Å². The Hall–Kier alpha value is -4.12. The molecule has 22 nitrogen and oxygen atoms in total. The van der Waals surface area contributed by atoms with Crippen molar-refractivity contribution < 1.29 is 97.8 Å². The number of aliphatic carboxylic acids is 1. The topological polar surface area (TPSA) is 359 Å². The Morgan fingerprint density at radius 1 is 0.614 bits per heavy atom. The van der Waals surface area contributed by atoms with Crippen molar-refractivity contribution >= 4 is 48.0 Å². The van der Waals surface area contributed by atoms with E-state index < -0.39 is 83.4 Å². The molecule has 0 heterocycles. The third-order valence-corrected chi connectivity index (χ3v) is 6.60. The van der Waals surface area contributed by atoms with Gasteiger partial charge in [0.05, 0.1) is 7.11 Å². The van der Waals surface area contributed by atoms with Gasteiger partial charge in [-0.1, -0.05) is 27.7 Å². The molecular weight excluding hydrogens is 767 g/mol. The summed E-state index contributed by atoms with van der Waals surface area (Å²) in [4.78, 5) is 93.4. The van der Waals surface area contributed by atoms with Gasteiger partial charge in [-0.15, -0.1) is 0 Å². The minimum Gasteiger partial charge on any atom is -0.870 e. The van der Waals surface area contributed by atoms with Crippen LogP contribution in [0.15, 0.2) is 0 Å². The second-order valence-electron chi connectivity index (χ2n) is 14.6. The fourth-order valence-corrected chi connectivity index (χ4v) is 4.15. The van der Waals surface area contributed by atoms with E-state index in [1.807, 2.05) is 0 Å². The molecule has 13 N–H and O–H groups in total. The molecule has 0 saturated heterocycles. The number of nitrogens with two attached hydrogens (primary N) is 2. The zero-order chi connectivity index (χ0) is 43.7. The van der Waals surface area contributed by atoms with E-state index in [1.165, 1.54) is 7.11 Å². The molecule has 0 rings (SSSR count). The molecule has 8 amide bonds. The van der Waals surface area contributed by atoms with Crippen LogP contribution in [0.5, 0.6) is 0 Å². The summed E-state index contributed by atoms with van der Waals surface area (Å²) in [6.45, 7) is 17.6. The smallest absolute Gasteiger partial charge is 0.870 e. The maximum Gasteiger partial charge on any atom is 1.00 e. The maximum atomic E-state index is 12.6. The van der Waals surface area contributed by atoms with Gasteiger partial charge in [0, 0.05) is 20.2 Å².